The van der Waals surface area contributed by atoms with Crippen molar-refractivity contribution in [3.63, 3.8) is 0 Å². The summed E-state index contributed by atoms with van der Waals surface area (Å²) in [5.74, 6) is 0. The van der Waals surface area contributed by atoms with Crippen molar-refractivity contribution in [2.24, 2.45) is 5.73 Å². The highest BCUT2D eigenvalue weighted by atomic mass is 32.2. The maximum atomic E-state index is 8.67. The minimum absolute atomic E-state index is 0.435. The van der Waals surface area contributed by atoms with Gasteiger partial charge in [0, 0.05) is 6.04 Å². The summed E-state index contributed by atoms with van der Waals surface area (Å²) in [4.78, 5) is 0. The lowest BCUT2D eigenvalue weighted by atomic mass is 10.2. The fraction of sp³-hybridized carbons (Fsp3) is 1.00. The van der Waals surface area contributed by atoms with Gasteiger partial charge in [-0.05, 0) is 12.8 Å². The molecule has 0 fully saturated rings. The highest BCUT2D eigenvalue weighted by Crippen LogP contribution is 1.88. The predicted molar refractivity (Wildman–Crippen MR) is 41.1 cm³/mol. The van der Waals surface area contributed by atoms with Gasteiger partial charge in [0.15, 0.2) is 0 Å². The van der Waals surface area contributed by atoms with Gasteiger partial charge in [-0.1, -0.05) is 13.8 Å². The first-order valence-corrected chi connectivity index (χ1v) is 4.16. The van der Waals surface area contributed by atoms with Crippen molar-refractivity contribution >= 4 is 10.7 Å². The number of hydrogen-bond donors (Lipinski definition) is 2. The summed E-state index contributed by atoms with van der Waals surface area (Å²) < 4.78 is 22.8. The van der Waals surface area contributed by atoms with Crippen molar-refractivity contribution in [2.75, 3.05) is 0 Å². The van der Waals surface area contributed by atoms with Crippen LogP contribution in [-0.2, 0) is 10.7 Å². The van der Waals surface area contributed by atoms with Crippen LogP contribution in [0.2, 0.25) is 0 Å². The zero-order valence-electron chi connectivity index (χ0n) is 6.28. The second-order valence-corrected chi connectivity index (χ2v) is 2.27. The largest absolute Gasteiger partial charge is 0.328 e. The van der Waals surface area contributed by atoms with E-state index in [9.17, 15) is 0 Å². The molecule has 0 rings (SSSR count). The molecular formula is C5H14N2O2S. The van der Waals surface area contributed by atoms with Crippen LogP contribution in [0.1, 0.15) is 26.7 Å². The van der Waals surface area contributed by atoms with Gasteiger partial charge in [-0.15, -0.1) is 4.61 Å². The second kappa shape index (κ2) is 8.65. The Kier molecular flexibility index (Phi) is 10.7. The Bertz CT molecular complexity index is 159. The SMILES string of the molecule is CCC(N)CC.N#S(=O)O. The third-order valence-electron chi connectivity index (χ3n) is 1.05. The lowest BCUT2D eigenvalue weighted by Gasteiger charge is -1.99. The van der Waals surface area contributed by atoms with Crippen LogP contribution < -0.4 is 5.73 Å². The maximum Gasteiger partial charge on any atom is 0.304 e. The Balaban J connectivity index is 0. The lowest BCUT2D eigenvalue weighted by molar-refractivity contribution is 0.577. The normalized spacial score (nSPS) is 8.40. The van der Waals surface area contributed by atoms with E-state index in [2.05, 4.69) is 13.8 Å². The molecule has 0 aliphatic rings. The van der Waals surface area contributed by atoms with E-state index >= 15 is 0 Å². The van der Waals surface area contributed by atoms with Crippen LogP contribution in [0.4, 0.5) is 0 Å². The first-order valence-electron chi connectivity index (χ1n) is 3.10. The van der Waals surface area contributed by atoms with Gasteiger partial charge < -0.3 is 5.73 Å². The summed E-state index contributed by atoms with van der Waals surface area (Å²) in [7, 11) is -2.61. The molecule has 0 aromatic heterocycles. The maximum absolute atomic E-state index is 8.67. The smallest absolute Gasteiger partial charge is 0.304 e. The van der Waals surface area contributed by atoms with Crippen molar-refractivity contribution < 1.29 is 8.76 Å². The van der Waals surface area contributed by atoms with Gasteiger partial charge in [-0.25, -0.2) is 0 Å². The van der Waals surface area contributed by atoms with Gasteiger partial charge in [0.05, 0.1) is 0 Å². The molecule has 0 radical (unpaired) electrons. The molecule has 0 saturated carbocycles. The molecule has 62 valence electrons. The van der Waals surface area contributed by atoms with Crippen LogP contribution in [0, 0.1) is 4.61 Å². The van der Waals surface area contributed by atoms with Crippen LogP contribution in [-0.4, -0.2) is 14.8 Å². The van der Waals surface area contributed by atoms with Crippen LogP contribution in [0.3, 0.4) is 0 Å². The molecule has 0 unspecified atom stereocenters. The molecule has 5 heteroatoms. The number of nitrogens with zero attached hydrogens (tertiary/aromatic N) is 1. The third-order valence-corrected chi connectivity index (χ3v) is 1.05. The molecule has 4 nitrogen and oxygen atoms in total. The zero-order chi connectivity index (χ0) is 8.57. The molecule has 0 aliphatic heterocycles. The summed E-state index contributed by atoms with van der Waals surface area (Å²) in [6.45, 7) is 4.21. The van der Waals surface area contributed by atoms with E-state index in [1.165, 1.54) is 0 Å². The fourth-order valence-electron chi connectivity index (χ4n) is 0.289. The second-order valence-electron chi connectivity index (χ2n) is 1.81. The molecule has 0 saturated heterocycles. The first-order chi connectivity index (χ1) is 4.54. The third kappa shape index (κ3) is 25.4. The molecule has 0 atom stereocenters. The summed E-state index contributed by atoms with van der Waals surface area (Å²) in [6, 6.07) is 0.435. The molecule has 0 spiro atoms. The minimum Gasteiger partial charge on any atom is -0.328 e. The van der Waals surface area contributed by atoms with Gasteiger partial charge in [0.1, 0.15) is 0 Å². The predicted octanol–water partition coefficient (Wildman–Crippen LogP) is 0.821. The van der Waals surface area contributed by atoms with Crippen molar-refractivity contribution in [2.45, 2.75) is 32.7 Å². The Morgan fingerprint density at radius 2 is 1.80 bits per heavy atom. The molecule has 0 aromatic rings. The van der Waals surface area contributed by atoms with E-state index in [0.29, 0.717) is 6.04 Å². The Hall–Kier alpha value is -0.350. The summed E-state index contributed by atoms with van der Waals surface area (Å²) in [5, 5.41) is 0. The number of rotatable bonds is 2. The van der Waals surface area contributed by atoms with Gasteiger partial charge in [0.2, 0.25) is 0 Å². The van der Waals surface area contributed by atoms with Crippen LogP contribution >= 0.6 is 0 Å². The van der Waals surface area contributed by atoms with E-state index in [4.69, 9.17) is 19.1 Å². The van der Waals surface area contributed by atoms with Crippen molar-refractivity contribution in [3.8, 4) is 0 Å². The van der Waals surface area contributed by atoms with E-state index in [1.807, 2.05) is 0 Å². The van der Waals surface area contributed by atoms with Crippen molar-refractivity contribution in [1.82, 2.24) is 0 Å². The molecule has 0 aliphatic carbocycles. The molecular weight excluding hydrogens is 152 g/mol. The number of nitrogens with two attached hydrogens (primary N) is 1. The molecule has 3 N–H and O–H groups in total. The zero-order valence-corrected chi connectivity index (χ0v) is 7.10. The van der Waals surface area contributed by atoms with E-state index < -0.39 is 10.7 Å². The molecule has 0 aromatic carbocycles. The number of hydrogen-bond acceptors (Lipinski definition) is 3. The minimum atomic E-state index is -2.61. The summed E-state index contributed by atoms with van der Waals surface area (Å²) in [5.41, 5.74) is 5.47. The van der Waals surface area contributed by atoms with Gasteiger partial charge in [-0.2, -0.15) is 4.21 Å². The van der Waals surface area contributed by atoms with E-state index in [0.717, 1.165) is 12.8 Å². The molecule has 0 amide bonds. The fourth-order valence-corrected chi connectivity index (χ4v) is 0.289. The monoisotopic (exact) mass is 166 g/mol. The van der Waals surface area contributed by atoms with Crippen LogP contribution in [0.15, 0.2) is 0 Å². The average Bonchev–Trinajstić information content (AvgIpc) is 1.85. The molecule has 0 bridgehead atoms. The van der Waals surface area contributed by atoms with Gasteiger partial charge >= 0.3 is 10.7 Å². The Morgan fingerprint density at radius 1 is 1.60 bits per heavy atom. The Morgan fingerprint density at radius 3 is 1.80 bits per heavy atom. The van der Waals surface area contributed by atoms with Crippen molar-refractivity contribution in [1.29, 1.82) is 4.61 Å². The topological polar surface area (TPSA) is 87.1 Å². The quantitative estimate of drug-likeness (QED) is 0.594. The highest BCUT2D eigenvalue weighted by molar-refractivity contribution is 7.64. The molecule has 0 heterocycles. The van der Waals surface area contributed by atoms with Gasteiger partial charge in [0.25, 0.3) is 0 Å². The highest BCUT2D eigenvalue weighted by Gasteiger charge is 1.88. The van der Waals surface area contributed by atoms with Crippen LogP contribution in [0.5, 0.6) is 0 Å². The van der Waals surface area contributed by atoms with Gasteiger partial charge in [-0.3, -0.25) is 4.55 Å². The summed E-state index contributed by atoms with van der Waals surface area (Å²) >= 11 is 0. The van der Waals surface area contributed by atoms with E-state index in [1.54, 1.807) is 0 Å². The average molecular weight is 166 g/mol. The van der Waals surface area contributed by atoms with Crippen molar-refractivity contribution in [3.05, 3.63) is 0 Å². The van der Waals surface area contributed by atoms with E-state index in [-0.39, 0.29) is 0 Å². The van der Waals surface area contributed by atoms with Crippen LogP contribution in [0.25, 0.3) is 0 Å². The summed E-state index contributed by atoms with van der Waals surface area (Å²) in [6.07, 6.45) is 2.22. The standard InChI is InChI=1S/C5H13N.HNO2S/c1-3-5(6)4-2;1-4(2)3/h5H,3-4,6H2,1-2H3;(H,2,3). The first kappa shape index (κ1) is 12.3. The molecule has 10 heavy (non-hydrogen) atoms. The Labute approximate surface area is 63.3 Å². The lowest BCUT2D eigenvalue weighted by Crippen LogP contribution is -2.16.